The van der Waals surface area contributed by atoms with Gasteiger partial charge in [-0.1, -0.05) is 23.2 Å². The molecule has 2 aromatic heterocycles. The lowest BCUT2D eigenvalue weighted by molar-refractivity contribution is 0.102. The van der Waals surface area contributed by atoms with Gasteiger partial charge in [-0.3, -0.25) is 15.1 Å². The van der Waals surface area contributed by atoms with Crippen molar-refractivity contribution in [2.24, 2.45) is 0 Å². The van der Waals surface area contributed by atoms with E-state index in [0.29, 0.717) is 22.7 Å². The molecule has 0 bridgehead atoms. The smallest absolute Gasteiger partial charge is 0.258 e. The van der Waals surface area contributed by atoms with E-state index in [2.05, 4.69) is 32.3 Å². The lowest BCUT2D eigenvalue weighted by Gasteiger charge is -2.03. The molecule has 0 saturated heterocycles. The first-order valence-corrected chi connectivity index (χ1v) is 6.30. The van der Waals surface area contributed by atoms with Gasteiger partial charge in [0.15, 0.2) is 0 Å². The van der Waals surface area contributed by atoms with E-state index in [1.807, 2.05) is 0 Å². The Morgan fingerprint density at radius 3 is 3.16 bits per heavy atom. The van der Waals surface area contributed by atoms with Crippen LogP contribution in [0.1, 0.15) is 22.3 Å². The molecule has 2 aromatic rings. The molecular formula is C12H10N4O2S. The molecule has 0 radical (unpaired) electrons. The van der Waals surface area contributed by atoms with Crippen molar-refractivity contribution in [1.82, 2.24) is 15.2 Å². The number of amides is 1. The van der Waals surface area contributed by atoms with Crippen LogP contribution in [0, 0.1) is 11.8 Å². The number of anilines is 1. The van der Waals surface area contributed by atoms with E-state index < -0.39 is 0 Å². The van der Waals surface area contributed by atoms with Crippen LogP contribution in [0.5, 0.6) is 0 Å². The Morgan fingerprint density at radius 2 is 2.42 bits per heavy atom. The van der Waals surface area contributed by atoms with E-state index in [9.17, 15) is 4.79 Å². The number of carbonyl (C=O) groups excluding carboxylic acids is 1. The predicted octanol–water partition coefficient (Wildman–Crippen LogP) is 0.919. The molecule has 19 heavy (non-hydrogen) atoms. The highest BCUT2D eigenvalue weighted by Crippen LogP contribution is 2.12. The molecule has 0 spiro atoms. The second-order valence-electron chi connectivity index (χ2n) is 3.39. The van der Waals surface area contributed by atoms with Gasteiger partial charge < -0.3 is 5.11 Å². The molecule has 0 atom stereocenters. The largest absolute Gasteiger partial charge is 0.395 e. The van der Waals surface area contributed by atoms with Crippen molar-refractivity contribution >= 4 is 22.4 Å². The number of nitrogens with one attached hydrogen (secondary N) is 1. The van der Waals surface area contributed by atoms with Gasteiger partial charge in [-0.25, -0.2) is 0 Å². The molecule has 6 nitrogen and oxygen atoms in total. The number of hydrogen-bond donors (Lipinski definition) is 2. The minimum atomic E-state index is -0.313. The summed E-state index contributed by atoms with van der Waals surface area (Å²) in [6.45, 7) is -0.0143. The van der Waals surface area contributed by atoms with E-state index in [0.717, 1.165) is 0 Å². The average molecular weight is 274 g/mol. The summed E-state index contributed by atoms with van der Waals surface area (Å²) in [5.41, 5.74) is 2.46. The second-order valence-corrected chi connectivity index (χ2v) is 4.23. The molecule has 0 fully saturated rings. The van der Waals surface area contributed by atoms with Gasteiger partial charge in [-0.2, -0.15) is 0 Å². The zero-order chi connectivity index (χ0) is 13.5. The second kappa shape index (κ2) is 6.58. The van der Waals surface area contributed by atoms with Crippen molar-refractivity contribution in [3.05, 3.63) is 35.1 Å². The summed E-state index contributed by atoms with van der Waals surface area (Å²) in [6.07, 6.45) is 3.39. The normalized spacial score (nSPS) is 9.53. The van der Waals surface area contributed by atoms with Gasteiger partial charge in [0.1, 0.15) is 5.51 Å². The molecule has 1 amide bonds. The van der Waals surface area contributed by atoms with Gasteiger partial charge >= 0.3 is 0 Å². The Balaban J connectivity index is 2.20. The van der Waals surface area contributed by atoms with Crippen LogP contribution in [-0.2, 0) is 0 Å². The Kier molecular flexibility index (Phi) is 4.55. The molecule has 0 aliphatic rings. The van der Waals surface area contributed by atoms with Gasteiger partial charge in [0, 0.05) is 18.8 Å². The van der Waals surface area contributed by atoms with Crippen LogP contribution in [0.2, 0.25) is 0 Å². The van der Waals surface area contributed by atoms with E-state index in [1.54, 1.807) is 6.07 Å². The first-order valence-electron chi connectivity index (χ1n) is 5.42. The molecule has 0 aromatic carbocycles. The minimum Gasteiger partial charge on any atom is -0.395 e. The topological polar surface area (TPSA) is 88.0 Å². The van der Waals surface area contributed by atoms with Crippen LogP contribution in [0.15, 0.2) is 24.0 Å². The van der Waals surface area contributed by atoms with Crippen molar-refractivity contribution < 1.29 is 9.90 Å². The van der Waals surface area contributed by atoms with Crippen molar-refractivity contribution in [2.45, 2.75) is 6.42 Å². The summed E-state index contributed by atoms with van der Waals surface area (Å²) in [6, 6.07) is 1.58. The molecule has 2 N–H and O–H groups in total. The Labute approximate surface area is 113 Å². The van der Waals surface area contributed by atoms with Gasteiger partial charge in [0.2, 0.25) is 5.13 Å². The lowest BCUT2D eigenvalue weighted by atomic mass is 10.1. The third kappa shape index (κ3) is 3.58. The maximum Gasteiger partial charge on any atom is 0.258 e. The monoisotopic (exact) mass is 274 g/mol. The fourth-order valence-corrected chi connectivity index (χ4v) is 1.74. The van der Waals surface area contributed by atoms with Crippen LogP contribution < -0.4 is 5.32 Å². The van der Waals surface area contributed by atoms with Crippen LogP contribution in [0.25, 0.3) is 0 Å². The molecule has 7 heteroatoms. The highest BCUT2D eigenvalue weighted by molar-refractivity contribution is 7.13. The van der Waals surface area contributed by atoms with E-state index in [4.69, 9.17) is 5.11 Å². The summed E-state index contributed by atoms with van der Waals surface area (Å²) >= 11 is 1.23. The average Bonchev–Trinajstić information content (AvgIpc) is 2.92. The molecule has 0 aliphatic heterocycles. The van der Waals surface area contributed by atoms with Crippen LogP contribution in [0.3, 0.4) is 0 Å². The van der Waals surface area contributed by atoms with Gasteiger partial charge in [0.05, 0.1) is 17.7 Å². The Hall–Kier alpha value is -2.30. The fraction of sp³-hybridized carbons (Fsp3) is 0.167. The zero-order valence-corrected chi connectivity index (χ0v) is 10.6. The zero-order valence-electron chi connectivity index (χ0n) is 9.83. The summed E-state index contributed by atoms with van der Waals surface area (Å²) in [4.78, 5) is 16.0. The van der Waals surface area contributed by atoms with Crippen LogP contribution >= 0.6 is 11.3 Å². The maximum absolute atomic E-state index is 12.0. The first-order chi connectivity index (χ1) is 9.31. The number of aliphatic hydroxyl groups excluding tert-OH is 1. The number of carbonyl (C=O) groups is 1. The lowest BCUT2D eigenvalue weighted by Crippen LogP contribution is -2.13. The van der Waals surface area contributed by atoms with E-state index in [1.165, 1.54) is 29.2 Å². The minimum absolute atomic E-state index is 0.0143. The third-order valence-corrected chi connectivity index (χ3v) is 2.71. The quantitative estimate of drug-likeness (QED) is 0.813. The van der Waals surface area contributed by atoms with Crippen molar-refractivity contribution in [3.63, 3.8) is 0 Å². The van der Waals surface area contributed by atoms with Crippen LogP contribution in [0.4, 0.5) is 5.13 Å². The molecule has 0 unspecified atom stereocenters. The number of pyridine rings is 1. The van der Waals surface area contributed by atoms with Crippen LogP contribution in [-0.4, -0.2) is 32.8 Å². The van der Waals surface area contributed by atoms with Gasteiger partial charge in [0.25, 0.3) is 5.91 Å². The molecular weight excluding hydrogens is 264 g/mol. The number of nitrogens with zero attached hydrogens (tertiary/aromatic N) is 3. The van der Waals surface area contributed by atoms with Gasteiger partial charge in [-0.15, -0.1) is 10.2 Å². The number of aromatic nitrogens is 3. The van der Waals surface area contributed by atoms with Gasteiger partial charge in [-0.05, 0) is 6.07 Å². The molecule has 96 valence electrons. The SMILES string of the molecule is O=C(Nc1nncs1)c1ccncc1C#CCCO. The fourth-order valence-electron chi connectivity index (χ4n) is 1.30. The van der Waals surface area contributed by atoms with Crippen molar-refractivity contribution in [3.8, 4) is 11.8 Å². The number of hydrogen-bond acceptors (Lipinski definition) is 6. The maximum atomic E-state index is 12.0. The highest BCUT2D eigenvalue weighted by atomic mass is 32.1. The predicted molar refractivity (Wildman–Crippen MR) is 70.7 cm³/mol. The molecule has 0 aliphatic carbocycles. The van der Waals surface area contributed by atoms with Crippen molar-refractivity contribution in [1.29, 1.82) is 0 Å². The highest BCUT2D eigenvalue weighted by Gasteiger charge is 2.11. The molecule has 2 heterocycles. The summed E-state index contributed by atoms with van der Waals surface area (Å²) < 4.78 is 0. The summed E-state index contributed by atoms with van der Waals surface area (Å²) in [5.74, 6) is 5.26. The Morgan fingerprint density at radius 1 is 1.53 bits per heavy atom. The summed E-state index contributed by atoms with van der Waals surface area (Å²) in [5, 5.41) is 19.1. The molecule has 2 rings (SSSR count). The van der Waals surface area contributed by atoms with E-state index in [-0.39, 0.29) is 12.5 Å². The third-order valence-electron chi connectivity index (χ3n) is 2.11. The summed E-state index contributed by atoms with van der Waals surface area (Å²) in [7, 11) is 0. The molecule has 0 saturated carbocycles. The number of rotatable bonds is 3. The Bertz CT molecular complexity index is 616. The van der Waals surface area contributed by atoms with E-state index >= 15 is 0 Å². The first kappa shape index (κ1) is 13.1. The van der Waals surface area contributed by atoms with Crippen molar-refractivity contribution in [2.75, 3.05) is 11.9 Å². The standard InChI is InChI=1S/C12H10N4O2S/c17-6-2-1-3-9-7-13-5-4-10(9)11(18)15-12-16-14-8-19-12/h4-5,7-8,17H,2,6H2,(H,15,16,18). The number of aliphatic hydroxyl groups is 1.